The summed E-state index contributed by atoms with van der Waals surface area (Å²) in [5.41, 5.74) is 0. The number of ether oxygens (including phenoxy) is 1. The second-order valence-electron chi connectivity index (χ2n) is 3.41. The highest BCUT2D eigenvalue weighted by atomic mass is 16.5. The maximum Gasteiger partial charge on any atom is 0.311 e. The van der Waals surface area contributed by atoms with Crippen molar-refractivity contribution in [1.82, 2.24) is 4.90 Å². The molecular weight excluding hydrogens is 194 g/mol. The molecule has 0 N–H and O–H groups in total. The highest BCUT2D eigenvalue weighted by molar-refractivity contribution is 5.86. The SMILES string of the molecule is C=CCOC(=O)C1CC(=O)N(CC=C)C1. The van der Waals surface area contributed by atoms with Crippen molar-refractivity contribution in [3.8, 4) is 0 Å². The summed E-state index contributed by atoms with van der Waals surface area (Å²) in [6, 6.07) is 0. The molecule has 1 amide bonds. The van der Waals surface area contributed by atoms with Gasteiger partial charge in [0.05, 0.1) is 5.92 Å². The smallest absolute Gasteiger partial charge is 0.311 e. The fraction of sp³-hybridized carbons (Fsp3) is 0.455. The van der Waals surface area contributed by atoms with E-state index in [2.05, 4.69) is 13.2 Å². The van der Waals surface area contributed by atoms with Crippen LogP contribution in [0.4, 0.5) is 0 Å². The molecule has 1 heterocycles. The van der Waals surface area contributed by atoms with Gasteiger partial charge in [-0.15, -0.1) is 6.58 Å². The summed E-state index contributed by atoms with van der Waals surface area (Å²) >= 11 is 0. The Hall–Kier alpha value is -1.58. The van der Waals surface area contributed by atoms with Gasteiger partial charge in [-0.3, -0.25) is 9.59 Å². The van der Waals surface area contributed by atoms with Crippen LogP contribution in [0.5, 0.6) is 0 Å². The first-order valence-corrected chi connectivity index (χ1v) is 4.85. The Morgan fingerprint density at radius 3 is 2.87 bits per heavy atom. The van der Waals surface area contributed by atoms with E-state index >= 15 is 0 Å². The lowest BCUT2D eigenvalue weighted by Gasteiger charge is -2.13. The van der Waals surface area contributed by atoms with Gasteiger partial charge in [0.25, 0.3) is 0 Å². The Morgan fingerprint density at radius 2 is 2.27 bits per heavy atom. The number of esters is 1. The number of hydrogen-bond donors (Lipinski definition) is 0. The molecule has 1 aliphatic rings. The monoisotopic (exact) mass is 209 g/mol. The van der Waals surface area contributed by atoms with Gasteiger partial charge >= 0.3 is 5.97 Å². The van der Waals surface area contributed by atoms with Crippen molar-refractivity contribution in [2.24, 2.45) is 5.92 Å². The third kappa shape index (κ3) is 2.94. The predicted octanol–water partition coefficient (Wildman–Crippen LogP) is 0.750. The third-order valence-corrected chi connectivity index (χ3v) is 2.24. The molecule has 1 aliphatic heterocycles. The Balaban J connectivity index is 2.46. The molecule has 1 unspecified atom stereocenters. The van der Waals surface area contributed by atoms with Crippen molar-refractivity contribution in [3.05, 3.63) is 25.3 Å². The summed E-state index contributed by atoms with van der Waals surface area (Å²) in [6.07, 6.45) is 3.40. The fourth-order valence-electron chi connectivity index (χ4n) is 1.52. The standard InChI is InChI=1S/C11H15NO3/c1-3-5-12-8-9(7-10(12)13)11(14)15-6-4-2/h3-4,9H,1-2,5-8H2. The lowest BCUT2D eigenvalue weighted by atomic mass is 10.1. The van der Waals surface area contributed by atoms with Crippen molar-refractivity contribution >= 4 is 11.9 Å². The summed E-state index contributed by atoms with van der Waals surface area (Å²) < 4.78 is 4.89. The molecule has 1 saturated heterocycles. The van der Waals surface area contributed by atoms with Crippen LogP contribution < -0.4 is 0 Å². The molecule has 1 atom stereocenters. The molecule has 0 bridgehead atoms. The van der Waals surface area contributed by atoms with Gasteiger partial charge in [-0.2, -0.15) is 0 Å². The van der Waals surface area contributed by atoms with E-state index in [-0.39, 0.29) is 30.8 Å². The number of likely N-dealkylation sites (tertiary alicyclic amines) is 1. The van der Waals surface area contributed by atoms with Crippen molar-refractivity contribution in [2.45, 2.75) is 6.42 Å². The minimum absolute atomic E-state index is 0.0181. The molecular formula is C11H15NO3. The minimum atomic E-state index is -0.336. The summed E-state index contributed by atoms with van der Waals surface area (Å²) in [6.45, 7) is 8.13. The van der Waals surface area contributed by atoms with E-state index in [1.165, 1.54) is 6.08 Å². The van der Waals surface area contributed by atoms with Gasteiger partial charge < -0.3 is 9.64 Å². The Kier molecular flexibility index (Phi) is 4.09. The number of rotatable bonds is 5. The molecule has 1 rings (SSSR count). The van der Waals surface area contributed by atoms with Crippen LogP contribution in [0.25, 0.3) is 0 Å². The van der Waals surface area contributed by atoms with Gasteiger partial charge in [-0.1, -0.05) is 18.7 Å². The van der Waals surface area contributed by atoms with Crippen molar-refractivity contribution in [2.75, 3.05) is 19.7 Å². The average Bonchev–Trinajstić information content (AvgIpc) is 2.58. The molecule has 82 valence electrons. The first-order chi connectivity index (χ1) is 7.19. The zero-order valence-electron chi connectivity index (χ0n) is 8.65. The predicted molar refractivity (Wildman–Crippen MR) is 56.0 cm³/mol. The van der Waals surface area contributed by atoms with Gasteiger partial charge in [0.15, 0.2) is 0 Å². The van der Waals surface area contributed by atoms with Crippen LogP contribution in [-0.4, -0.2) is 36.5 Å². The number of nitrogens with zero attached hydrogens (tertiary/aromatic N) is 1. The molecule has 4 heteroatoms. The molecule has 0 radical (unpaired) electrons. The first-order valence-electron chi connectivity index (χ1n) is 4.85. The largest absolute Gasteiger partial charge is 0.461 e. The van der Waals surface area contributed by atoms with E-state index in [0.29, 0.717) is 13.1 Å². The first kappa shape index (κ1) is 11.5. The molecule has 0 spiro atoms. The third-order valence-electron chi connectivity index (χ3n) is 2.24. The van der Waals surface area contributed by atoms with Crippen LogP contribution in [0.3, 0.4) is 0 Å². The van der Waals surface area contributed by atoms with Crippen molar-refractivity contribution in [1.29, 1.82) is 0 Å². The van der Waals surface area contributed by atoms with Crippen LogP contribution >= 0.6 is 0 Å². The van der Waals surface area contributed by atoms with Crippen LogP contribution in [0.1, 0.15) is 6.42 Å². The normalized spacial score (nSPS) is 20.1. The lowest BCUT2D eigenvalue weighted by molar-refractivity contribution is -0.147. The van der Waals surface area contributed by atoms with Gasteiger partial charge in [0.1, 0.15) is 6.61 Å². The second-order valence-corrected chi connectivity index (χ2v) is 3.41. The fourth-order valence-corrected chi connectivity index (χ4v) is 1.52. The van der Waals surface area contributed by atoms with Gasteiger partial charge in [-0.05, 0) is 0 Å². The number of carbonyl (C=O) groups excluding carboxylic acids is 2. The van der Waals surface area contributed by atoms with Crippen LogP contribution in [0, 0.1) is 5.92 Å². The Morgan fingerprint density at radius 1 is 1.53 bits per heavy atom. The van der Waals surface area contributed by atoms with E-state index in [1.807, 2.05) is 0 Å². The lowest BCUT2D eigenvalue weighted by Crippen LogP contribution is -2.26. The molecule has 0 aromatic carbocycles. The van der Waals surface area contributed by atoms with Crippen LogP contribution in [0.15, 0.2) is 25.3 Å². The molecule has 0 aromatic heterocycles. The number of hydrogen-bond acceptors (Lipinski definition) is 3. The molecule has 4 nitrogen and oxygen atoms in total. The maximum absolute atomic E-state index is 11.4. The van der Waals surface area contributed by atoms with E-state index in [4.69, 9.17) is 4.74 Å². The molecule has 0 aromatic rings. The average molecular weight is 209 g/mol. The van der Waals surface area contributed by atoms with Crippen molar-refractivity contribution in [3.63, 3.8) is 0 Å². The molecule has 15 heavy (non-hydrogen) atoms. The summed E-state index contributed by atoms with van der Waals surface area (Å²) in [4.78, 5) is 24.4. The topological polar surface area (TPSA) is 46.6 Å². The van der Waals surface area contributed by atoms with Crippen molar-refractivity contribution < 1.29 is 14.3 Å². The number of carbonyl (C=O) groups is 2. The summed E-state index contributed by atoms with van der Waals surface area (Å²) in [5.74, 6) is -0.678. The van der Waals surface area contributed by atoms with E-state index in [9.17, 15) is 9.59 Å². The highest BCUT2D eigenvalue weighted by Gasteiger charge is 2.34. The molecule has 1 fully saturated rings. The molecule has 0 aliphatic carbocycles. The summed E-state index contributed by atoms with van der Waals surface area (Å²) in [7, 11) is 0. The van der Waals surface area contributed by atoms with Gasteiger partial charge in [0, 0.05) is 19.5 Å². The quantitative estimate of drug-likeness (QED) is 0.496. The van der Waals surface area contributed by atoms with E-state index in [1.54, 1.807) is 11.0 Å². The zero-order chi connectivity index (χ0) is 11.3. The van der Waals surface area contributed by atoms with Crippen LogP contribution in [-0.2, 0) is 14.3 Å². The van der Waals surface area contributed by atoms with Crippen LogP contribution in [0.2, 0.25) is 0 Å². The maximum atomic E-state index is 11.4. The highest BCUT2D eigenvalue weighted by Crippen LogP contribution is 2.18. The summed E-state index contributed by atoms with van der Waals surface area (Å²) in [5, 5.41) is 0. The zero-order valence-corrected chi connectivity index (χ0v) is 8.65. The Bertz CT molecular complexity index is 286. The van der Waals surface area contributed by atoms with E-state index < -0.39 is 0 Å². The molecule has 0 saturated carbocycles. The number of amides is 1. The van der Waals surface area contributed by atoms with Gasteiger partial charge in [0.2, 0.25) is 5.91 Å². The minimum Gasteiger partial charge on any atom is -0.461 e. The van der Waals surface area contributed by atoms with E-state index in [0.717, 1.165) is 0 Å². The van der Waals surface area contributed by atoms with Gasteiger partial charge in [-0.25, -0.2) is 0 Å². The Labute approximate surface area is 89.2 Å². The second kappa shape index (κ2) is 5.34.